The summed E-state index contributed by atoms with van der Waals surface area (Å²) in [5.41, 5.74) is 7.45. The van der Waals surface area contributed by atoms with Crippen molar-refractivity contribution in [3.05, 3.63) is 46.9 Å². The van der Waals surface area contributed by atoms with Gasteiger partial charge in [-0.25, -0.2) is 4.39 Å². The van der Waals surface area contributed by atoms with Gasteiger partial charge in [-0.1, -0.05) is 6.07 Å². The molecule has 6 nitrogen and oxygen atoms in total. The van der Waals surface area contributed by atoms with Crippen molar-refractivity contribution in [1.29, 1.82) is 0 Å². The summed E-state index contributed by atoms with van der Waals surface area (Å²) < 4.78 is 14.6. The Morgan fingerprint density at radius 3 is 2.76 bits per heavy atom. The first-order valence-corrected chi connectivity index (χ1v) is 7.54. The highest BCUT2D eigenvalue weighted by atomic mass is 35.5. The second kappa shape index (κ2) is 9.15. The second-order valence-corrected chi connectivity index (χ2v) is 5.72. The smallest absolute Gasteiger partial charge is 0.226 e. The third-order valence-corrected chi connectivity index (χ3v) is 3.51. The molecule has 3 heterocycles. The van der Waals surface area contributed by atoms with Crippen LogP contribution in [0.5, 0.6) is 0 Å². The predicted octanol–water partition coefficient (Wildman–Crippen LogP) is 3.49. The zero-order valence-corrected chi connectivity index (χ0v) is 15.7. The number of H-pyrrole nitrogens is 1. The lowest BCUT2D eigenvalue weighted by molar-refractivity contribution is 0.602. The fourth-order valence-electron chi connectivity index (χ4n) is 2.36. The molecule has 0 saturated heterocycles. The van der Waals surface area contributed by atoms with Crippen LogP contribution in [0.2, 0.25) is 5.28 Å². The van der Waals surface area contributed by atoms with E-state index >= 15 is 0 Å². The molecule has 0 radical (unpaired) electrons. The number of nitrogens with one attached hydrogen (secondary N) is 2. The Kier molecular flexibility index (Phi) is 7.82. The van der Waals surface area contributed by atoms with E-state index < -0.39 is 5.82 Å². The van der Waals surface area contributed by atoms with Crippen molar-refractivity contribution < 1.29 is 4.39 Å². The Morgan fingerprint density at radius 2 is 2.12 bits per heavy atom. The Morgan fingerprint density at radius 1 is 1.36 bits per heavy atom. The fourth-order valence-corrected chi connectivity index (χ4v) is 2.53. The van der Waals surface area contributed by atoms with E-state index in [4.69, 9.17) is 17.3 Å². The van der Waals surface area contributed by atoms with Crippen LogP contribution in [0.4, 0.5) is 10.2 Å². The van der Waals surface area contributed by atoms with Crippen LogP contribution in [0.15, 0.2) is 24.5 Å². The van der Waals surface area contributed by atoms with Gasteiger partial charge >= 0.3 is 0 Å². The van der Waals surface area contributed by atoms with E-state index in [0.29, 0.717) is 30.1 Å². The van der Waals surface area contributed by atoms with E-state index in [0.717, 1.165) is 5.56 Å². The van der Waals surface area contributed by atoms with Gasteiger partial charge in [0.1, 0.15) is 11.5 Å². The molecule has 0 aromatic carbocycles. The Balaban J connectivity index is 0.00000156. The average Bonchev–Trinajstić information content (AvgIpc) is 2.81. The van der Waals surface area contributed by atoms with Crippen LogP contribution in [0.1, 0.15) is 18.2 Å². The van der Waals surface area contributed by atoms with Gasteiger partial charge in [0.2, 0.25) is 5.28 Å². The summed E-state index contributed by atoms with van der Waals surface area (Å²) in [6.45, 7) is 2.26. The SMILES string of the molecule is C[C@H](N)Cc1[nH]c2nc(Cl)nc(NCc3cccnc3)c2c1F.Cl.Cl. The number of aromatic amines is 1. The first-order chi connectivity index (χ1) is 11.0. The first-order valence-electron chi connectivity index (χ1n) is 7.16. The van der Waals surface area contributed by atoms with E-state index in [9.17, 15) is 4.39 Å². The lowest BCUT2D eigenvalue weighted by Gasteiger charge is -2.07. The average molecular weight is 408 g/mol. The van der Waals surface area contributed by atoms with E-state index in [1.807, 2.05) is 19.1 Å². The molecule has 1 atom stereocenters. The molecule has 0 spiro atoms. The van der Waals surface area contributed by atoms with Gasteiger partial charge in [0.05, 0.1) is 11.1 Å². The van der Waals surface area contributed by atoms with Crippen LogP contribution in [0, 0.1) is 5.82 Å². The molecule has 0 aliphatic carbocycles. The van der Waals surface area contributed by atoms with E-state index in [1.54, 1.807) is 12.4 Å². The van der Waals surface area contributed by atoms with Gasteiger partial charge < -0.3 is 16.0 Å². The highest BCUT2D eigenvalue weighted by molar-refractivity contribution is 6.28. The van der Waals surface area contributed by atoms with Crippen molar-refractivity contribution in [2.75, 3.05) is 5.32 Å². The van der Waals surface area contributed by atoms with Crippen molar-refractivity contribution >= 4 is 53.3 Å². The summed E-state index contributed by atoms with van der Waals surface area (Å²) in [6.07, 6.45) is 3.79. The Hall–Kier alpha value is -1.67. The minimum absolute atomic E-state index is 0. The number of nitrogens with zero attached hydrogens (tertiary/aromatic N) is 3. The zero-order valence-electron chi connectivity index (χ0n) is 13.3. The van der Waals surface area contributed by atoms with Crippen molar-refractivity contribution in [2.45, 2.75) is 25.9 Å². The van der Waals surface area contributed by atoms with E-state index in [1.165, 1.54) is 0 Å². The van der Waals surface area contributed by atoms with Gasteiger partial charge in [0, 0.05) is 31.4 Å². The second-order valence-electron chi connectivity index (χ2n) is 5.38. The molecule has 4 N–H and O–H groups in total. The summed E-state index contributed by atoms with van der Waals surface area (Å²) >= 11 is 5.93. The summed E-state index contributed by atoms with van der Waals surface area (Å²) in [4.78, 5) is 15.1. The number of halogens is 4. The fraction of sp³-hybridized carbons (Fsp3) is 0.267. The summed E-state index contributed by atoms with van der Waals surface area (Å²) in [6, 6.07) is 3.57. The zero-order chi connectivity index (χ0) is 16.4. The molecule has 25 heavy (non-hydrogen) atoms. The summed E-state index contributed by atoms with van der Waals surface area (Å²) in [5.74, 6) is -0.0591. The maximum Gasteiger partial charge on any atom is 0.226 e. The van der Waals surface area contributed by atoms with Gasteiger partial charge in [-0.05, 0) is 30.2 Å². The molecule has 0 aliphatic rings. The minimum atomic E-state index is -0.400. The number of hydrogen-bond donors (Lipinski definition) is 3. The standard InChI is InChI=1S/C15H16ClFN6.2ClH/c1-8(18)5-10-12(17)11-13(22-15(16)23-14(11)21-10)20-7-9-3-2-4-19-6-9;;/h2-4,6,8H,5,7,18H2,1H3,(H2,20,21,22,23);2*1H/t8-;;/m0../s1. The first kappa shape index (κ1) is 21.4. The number of aromatic nitrogens is 4. The highest BCUT2D eigenvalue weighted by Gasteiger charge is 2.19. The highest BCUT2D eigenvalue weighted by Crippen LogP contribution is 2.28. The van der Waals surface area contributed by atoms with Gasteiger partial charge in [-0.3, -0.25) is 4.98 Å². The number of fused-ring (bicyclic) bond motifs is 1. The monoisotopic (exact) mass is 406 g/mol. The van der Waals surface area contributed by atoms with Crippen molar-refractivity contribution in [3.8, 4) is 0 Å². The van der Waals surface area contributed by atoms with Gasteiger partial charge in [0.25, 0.3) is 0 Å². The van der Waals surface area contributed by atoms with Crippen molar-refractivity contribution in [1.82, 2.24) is 19.9 Å². The molecule has 136 valence electrons. The molecule has 3 aromatic heterocycles. The van der Waals surface area contributed by atoms with E-state index in [-0.39, 0.29) is 41.5 Å². The molecular weight excluding hydrogens is 390 g/mol. The Labute approximate surface area is 161 Å². The molecule has 3 aromatic rings. The molecule has 0 unspecified atom stereocenters. The van der Waals surface area contributed by atoms with Crippen LogP contribution in [-0.2, 0) is 13.0 Å². The normalized spacial score (nSPS) is 11.5. The topological polar surface area (TPSA) is 92.5 Å². The molecule has 10 heteroatoms. The van der Waals surface area contributed by atoms with Crippen LogP contribution in [0.25, 0.3) is 11.0 Å². The molecule has 0 bridgehead atoms. The number of nitrogens with two attached hydrogens (primary N) is 1. The minimum Gasteiger partial charge on any atom is -0.365 e. The number of rotatable bonds is 5. The largest absolute Gasteiger partial charge is 0.365 e. The molecule has 0 fully saturated rings. The molecule has 0 saturated carbocycles. The quantitative estimate of drug-likeness (QED) is 0.563. The molecule has 0 amide bonds. The predicted molar refractivity (Wildman–Crippen MR) is 102 cm³/mol. The van der Waals surface area contributed by atoms with Crippen LogP contribution >= 0.6 is 36.4 Å². The van der Waals surface area contributed by atoms with Crippen molar-refractivity contribution in [2.24, 2.45) is 5.73 Å². The van der Waals surface area contributed by atoms with Crippen LogP contribution < -0.4 is 11.1 Å². The number of hydrogen-bond acceptors (Lipinski definition) is 5. The van der Waals surface area contributed by atoms with Gasteiger partial charge in [-0.15, -0.1) is 24.8 Å². The molecule has 3 rings (SSSR count). The van der Waals surface area contributed by atoms with E-state index in [2.05, 4.69) is 25.3 Å². The lowest BCUT2D eigenvalue weighted by Crippen LogP contribution is -2.18. The summed E-state index contributed by atoms with van der Waals surface area (Å²) in [5, 5.41) is 3.41. The maximum absolute atomic E-state index is 14.6. The number of pyridine rings is 1. The lowest BCUT2D eigenvalue weighted by atomic mass is 10.2. The molecule has 0 aliphatic heterocycles. The number of anilines is 1. The van der Waals surface area contributed by atoms with Crippen molar-refractivity contribution in [3.63, 3.8) is 0 Å². The van der Waals surface area contributed by atoms with Crippen LogP contribution in [-0.4, -0.2) is 26.0 Å². The van der Waals surface area contributed by atoms with Gasteiger partial charge in [0.15, 0.2) is 5.82 Å². The molecular formula is C15H18Cl3FN6. The maximum atomic E-state index is 14.6. The third-order valence-electron chi connectivity index (χ3n) is 3.34. The third kappa shape index (κ3) is 4.92. The Bertz CT molecular complexity index is 825. The van der Waals surface area contributed by atoms with Gasteiger partial charge in [-0.2, -0.15) is 9.97 Å². The summed E-state index contributed by atoms with van der Waals surface area (Å²) in [7, 11) is 0. The van der Waals surface area contributed by atoms with Crippen LogP contribution in [0.3, 0.4) is 0 Å².